The van der Waals surface area contributed by atoms with E-state index in [4.69, 9.17) is 0 Å². The highest BCUT2D eigenvalue weighted by molar-refractivity contribution is 5.93. The maximum Gasteiger partial charge on any atom is 0.272 e. The van der Waals surface area contributed by atoms with Gasteiger partial charge in [-0.2, -0.15) is 0 Å². The number of nitrogens with one attached hydrogen (secondary N) is 1. The molecule has 0 saturated carbocycles. The van der Waals surface area contributed by atoms with Gasteiger partial charge in [0.2, 0.25) is 0 Å². The lowest BCUT2D eigenvalue weighted by molar-refractivity contribution is 0.0728. The summed E-state index contributed by atoms with van der Waals surface area (Å²) in [5.74, 6) is 0.574. The molecule has 2 heterocycles. The molecule has 5 heteroatoms. The molecule has 0 spiro atoms. The third kappa shape index (κ3) is 3.67. The van der Waals surface area contributed by atoms with Crippen molar-refractivity contribution in [2.24, 2.45) is 0 Å². The number of hydrogen-bond acceptors (Lipinski definition) is 4. The van der Waals surface area contributed by atoms with Gasteiger partial charge in [0.1, 0.15) is 17.8 Å². The van der Waals surface area contributed by atoms with Crippen molar-refractivity contribution < 1.29 is 4.79 Å². The van der Waals surface area contributed by atoms with Crippen molar-refractivity contribution in [2.45, 2.75) is 26.3 Å². The number of nitrogens with zero attached hydrogens (tertiary/aromatic N) is 3. The maximum absolute atomic E-state index is 12.9. The number of para-hydroxylation sites is 1. The van der Waals surface area contributed by atoms with Crippen LogP contribution in [0.15, 0.2) is 60.9 Å². The number of amides is 1. The molecule has 1 aliphatic rings. The second kappa shape index (κ2) is 7.58. The lowest BCUT2D eigenvalue weighted by Crippen LogP contribution is -2.36. The van der Waals surface area contributed by atoms with E-state index in [2.05, 4.69) is 40.4 Å². The Balaban J connectivity index is 1.53. The van der Waals surface area contributed by atoms with Gasteiger partial charge in [0.15, 0.2) is 0 Å². The fourth-order valence-electron chi connectivity index (χ4n) is 3.46. The molecule has 3 aromatic rings. The Kier molecular flexibility index (Phi) is 4.83. The number of hydrogen-bond donors (Lipinski definition) is 1. The van der Waals surface area contributed by atoms with Crippen LogP contribution in [-0.2, 0) is 19.4 Å². The van der Waals surface area contributed by atoms with Gasteiger partial charge in [0.05, 0.1) is 0 Å². The quantitative estimate of drug-likeness (QED) is 0.766. The minimum absolute atomic E-state index is 0.0567. The molecule has 0 bridgehead atoms. The molecule has 136 valence electrons. The van der Waals surface area contributed by atoms with Crippen LogP contribution in [-0.4, -0.2) is 27.3 Å². The van der Waals surface area contributed by atoms with Crippen LogP contribution < -0.4 is 5.32 Å². The molecular weight excluding hydrogens is 336 g/mol. The molecule has 2 aromatic carbocycles. The van der Waals surface area contributed by atoms with E-state index in [1.54, 1.807) is 6.07 Å². The van der Waals surface area contributed by atoms with Crippen molar-refractivity contribution in [2.75, 3.05) is 11.9 Å². The van der Waals surface area contributed by atoms with Crippen LogP contribution in [0.5, 0.6) is 0 Å². The van der Waals surface area contributed by atoms with Crippen LogP contribution in [0, 0.1) is 0 Å². The monoisotopic (exact) mass is 358 g/mol. The number of carbonyl (C=O) groups is 1. The average molecular weight is 358 g/mol. The van der Waals surface area contributed by atoms with Crippen molar-refractivity contribution in [1.82, 2.24) is 14.9 Å². The van der Waals surface area contributed by atoms with Gasteiger partial charge in [0.25, 0.3) is 5.91 Å². The molecule has 1 amide bonds. The number of rotatable bonds is 4. The zero-order valence-electron chi connectivity index (χ0n) is 15.4. The molecule has 0 saturated heterocycles. The van der Waals surface area contributed by atoms with Gasteiger partial charge in [-0.3, -0.25) is 4.79 Å². The van der Waals surface area contributed by atoms with E-state index >= 15 is 0 Å². The van der Waals surface area contributed by atoms with Crippen molar-refractivity contribution in [3.8, 4) is 0 Å². The highest BCUT2D eigenvalue weighted by Gasteiger charge is 2.22. The number of fused-ring (bicyclic) bond motifs is 1. The lowest BCUT2D eigenvalue weighted by Gasteiger charge is -2.28. The van der Waals surface area contributed by atoms with Crippen molar-refractivity contribution in [3.05, 3.63) is 83.3 Å². The van der Waals surface area contributed by atoms with Crippen LogP contribution in [0.3, 0.4) is 0 Å². The van der Waals surface area contributed by atoms with Gasteiger partial charge in [-0.1, -0.05) is 49.4 Å². The fraction of sp³-hybridized carbons (Fsp3) is 0.227. The molecule has 1 N–H and O–H groups in total. The first-order chi connectivity index (χ1) is 13.2. The third-order valence-corrected chi connectivity index (χ3v) is 4.97. The topological polar surface area (TPSA) is 58.1 Å². The molecule has 0 unspecified atom stereocenters. The summed E-state index contributed by atoms with van der Waals surface area (Å²) in [4.78, 5) is 23.3. The van der Waals surface area contributed by atoms with E-state index in [0.29, 0.717) is 24.6 Å². The first-order valence-electron chi connectivity index (χ1n) is 9.27. The first kappa shape index (κ1) is 17.2. The Bertz CT molecular complexity index is 970. The van der Waals surface area contributed by atoms with Gasteiger partial charge < -0.3 is 10.2 Å². The summed E-state index contributed by atoms with van der Waals surface area (Å²) in [5.41, 5.74) is 5.16. The van der Waals surface area contributed by atoms with Gasteiger partial charge in [0, 0.05) is 24.8 Å². The number of aromatic nitrogens is 2. The Hall–Kier alpha value is -3.21. The van der Waals surface area contributed by atoms with Crippen molar-refractivity contribution >= 4 is 17.4 Å². The molecule has 1 aromatic heterocycles. The third-order valence-electron chi connectivity index (χ3n) is 4.97. The van der Waals surface area contributed by atoms with Crippen molar-refractivity contribution in [1.29, 1.82) is 0 Å². The largest absolute Gasteiger partial charge is 0.340 e. The van der Waals surface area contributed by atoms with E-state index in [-0.39, 0.29) is 5.91 Å². The van der Waals surface area contributed by atoms with Gasteiger partial charge in [-0.05, 0) is 35.6 Å². The highest BCUT2D eigenvalue weighted by Crippen LogP contribution is 2.22. The SMILES string of the molecule is CCc1ccccc1Nc1cc(C(=O)N2CCc3ccccc3C2)ncn1. The van der Waals surface area contributed by atoms with Gasteiger partial charge >= 0.3 is 0 Å². The minimum atomic E-state index is -0.0567. The predicted octanol–water partition coefficient (Wildman–Crippen LogP) is 3.98. The molecule has 0 atom stereocenters. The summed E-state index contributed by atoms with van der Waals surface area (Å²) >= 11 is 0. The molecular formula is C22H22N4O. The maximum atomic E-state index is 12.9. The molecule has 0 fully saturated rings. The smallest absolute Gasteiger partial charge is 0.272 e. The molecule has 4 rings (SSSR count). The average Bonchev–Trinajstić information content (AvgIpc) is 2.73. The summed E-state index contributed by atoms with van der Waals surface area (Å²) in [7, 11) is 0. The Morgan fingerprint density at radius 2 is 1.85 bits per heavy atom. The van der Waals surface area contributed by atoms with Gasteiger partial charge in [-0.25, -0.2) is 9.97 Å². The summed E-state index contributed by atoms with van der Waals surface area (Å²) in [6, 6.07) is 18.1. The summed E-state index contributed by atoms with van der Waals surface area (Å²) < 4.78 is 0. The van der Waals surface area contributed by atoms with E-state index in [1.807, 2.05) is 35.2 Å². The lowest BCUT2D eigenvalue weighted by atomic mass is 10.00. The Morgan fingerprint density at radius 3 is 2.70 bits per heavy atom. The number of benzene rings is 2. The second-order valence-corrected chi connectivity index (χ2v) is 6.67. The van der Waals surface area contributed by atoms with Gasteiger partial charge in [-0.15, -0.1) is 0 Å². The number of carbonyl (C=O) groups excluding carboxylic acids is 1. The zero-order chi connectivity index (χ0) is 18.6. The summed E-state index contributed by atoms with van der Waals surface area (Å²) in [6.07, 6.45) is 3.25. The van der Waals surface area contributed by atoms with E-state index < -0.39 is 0 Å². The van der Waals surface area contributed by atoms with Crippen LogP contribution >= 0.6 is 0 Å². The van der Waals surface area contributed by atoms with Crippen LogP contribution in [0.2, 0.25) is 0 Å². The Labute approximate surface area is 159 Å². The van der Waals surface area contributed by atoms with Crippen molar-refractivity contribution in [3.63, 3.8) is 0 Å². The van der Waals surface area contributed by atoms with Crippen LogP contribution in [0.1, 0.15) is 34.1 Å². The molecule has 27 heavy (non-hydrogen) atoms. The van der Waals surface area contributed by atoms with E-state index in [1.165, 1.54) is 23.0 Å². The van der Waals surface area contributed by atoms with E-state index in [9.17, 15) is 4.79 Å². The normalized spacial score (nSPS) is 13.1. The Morgan fingerprint density at radius 1 is 1.07 bits per heavy atom. The fourth-order valence-corrected chi connectivity index (χ4v) is 3.46. The van der Waals surface area contributed by atoms with Crippen LogP contribution in [0.4, 0.5) is 11.5 Å². The molecule has 0 radical (unpaired) electrons. The molecule has 1 aliphatic heterocycles. The summed E-state index contributed by atoms with van der Waals surface area (Å²) in [5, 5.41) is 3.32. The number of anilines is 2. The van der Waals surface area contributed by atoms with Crippen LogP contribution in [0.25, 0.3) is 0 Å². The standard InChI is InChI=1S/C22H22N4O/c1-2-16-7-5-6-10-19(16)25-21-13-20(23-15-24-21)22(27)26-12-11-17-8-3-4-9-18(17)14-26/h3-10,13,15H,2,11-12,14H2,1H3,(H,23,24,25). The minimum Gasteiger partial charge on any atom is -0.340 e. The second-order valence-electron chi connectivity index (χ2n) is 6.67. The first-order valence-corrected chi connectivity index (χ1v) is 9.27. The predicted molar refractivity (Wildman–Crippen MR) is 106 cm³/mol. The van der Waals surface area contributed by atoms with E-state index in [0.717, 1.165) is 18.5 Å². The number of aryl methyl sites for hydroxylation is 1. The molecule has 0 aliphatic carbocycles. The summed E-state index contributed by atoms with van der Waals surface area (Å²) in [6.45, 7) is 3.45. The highest BCUT2D eigenvalue weighted by atomic mass is 16.2. The zero-order valence-corrected chi connectivity index (χ0v) is 15.4. The molecule has 5 nitrogen and oxygen atoms in total.